The van der Waals surface area contributed by atoms with Gasteiger partial charge in [0.05, 0.1) is 6.61 Å². The average Bonchev–Trinajstić information content (AvgIpc) is 2.59. The zero-order valence-corrected chi connectivity index (χ0v) is 8.91. The Hall–Kier alpha value is -1.05. The Kier molecular flexibility index (Phi) is 5.16. The van der Waals surface area contributed by atoms with E-state index in [2.05, 4.69) is 11.2 Å². The van der Waals surface area contributed by atoms with Gasteiger partial charge in [-0.05, 0) is 13.0 Å². The van der Waals surface area contributed by atoms with Gasteiger partial charge in [0.1, 0.15) is 0 Å². The van der Waals surface area contributed by atoms with E-state index in [0.717, 1.165) is 19.5 Å². The molecule has 1 saturated heterocycles. The smallest absolute Gasteiger partial charge is 0.223 e. The van der Waals surface area contributed by atoms with Gasteiger partial charge >= 0.3 is 0 Å². The SMILES string of the molecule is C#CC1CC(=O)N(CCCNCCO)C1. The molecule has 1 aliphatic heterocycles. The van der Waals surface area contributed by atoms with Crippen molar-refractivity contribution in [2.24, 2.45) is 5.92 Å². The normalized spacial score (nSPS) is 20.7. The third-order valence-electron chi connectivity index (χ3n) is 2.52. The standard InChI is InChI=1S/C11H18N2O2/c1-2-10-8-11(15)13(9-10)6-3-4-12-5-7-14/h1,10,12,14H,3-9H2. The number of rotatable bonds is 6. The quantitative estimate of drug-likeness (QED) is 0.456. The van der Waals surface area contributed by atoms with E-state index < -0.39 is 0 Å². The molecular formula is C11H18N2O2. The summed E-state index contributed by atoms with van der Waals surface area (Å²) < 4.78 is 0. The summed E-state index contributed by atoms with van der Waals surface area (Å²) in [6.07, 6.45) is 6.69. The monoisotopic (exact) mass is 210 g/mol. The first-order valence-corrected chi connectivity index (χ1v) is 5.33. The summed E-state index contributed by atoms with van der Waals surface area (Å²) in [7, 11) is 0. The third-order valence-corrected chi connectivity index (χ3v) is 2.52. The van der Waals surface area contributed by atoms with Crippen LogP contribution in [0.2, 0.25) is 0 Å². The molecule has 1 heterocycles. The summed E-state index contributed by atoms with van der Waals surface area (Å²) in [6, 6.07) is 0. The first-order valence-electron chi connectivity index (χ1n) is 5.33. The lowest BCUT2D eigenvalue weighted by atomic mass is 10.1. The molecule has 0 aromatic rings. The number of nitrogens with one attached hydrogen (secondary N) is 1. The molecule has 0 aliphatic carbocycles. The second kappa shape index (κ2) is 6.44. The van der Waals surface area contributed by atoms with Crippen molar-refractivity contribution in [1.29, 1.82) is 0 Å². The Labute approximate surface area is 90.6 Å². The zero-order valence-electron chi connectivity index (χ0n) is 8.91. The molecule has 4 nitrogen and oxygen atoms in total. The van der Waals surface area contributed by atoms with Crippen molar-refractivity contribution in [3.05, 3.63) is 0 Å². The van der Waals surface area contributed by atoms with E-state index >= 15 is 0 Å². The molecule has 1 unspecified atom stereocenters. The van der Waals surface area contributed by atoms with Crippen LogP contribution in [0.4, 0.5) is 0 Å². The molecular weight excluding hydrogens is 192 g/mol. The van der Waals surface area contributed by atoms with E-state index in [1.54, 1.807) is 0 Å². The lowest BCUT2D eigenvalue weighted by Gasteiger charge is -2.15. The molecule has 0 bridgehead atoms. The van der Waals surface area contributed by atoms with Gasteiger partial charge in [-0.15, -0.1) is 12.3 Å². The van der Waals surface area contributed by atoms with E-state index in [-0.39, 0.29) is 18.4 Å². The fourth-order valence-corrected chi connectivity index (χ4v) is 1.70. The van der Waals surface area contributed by atoms with E-state index in [4.69, 9.17) is 11.5 Å². The van der Waals surface area contributed by atoms with Gasteiger partial charge < -0.3 is 15.3 Å². The molecule has 84 valence electrons. The third kappa shape index (κ3) is 3.90. The lowest BCUT2D eigenvalue weighted by Crippen LogP contribution is -2.29. The van der Waals surface area contributed by atoms with Crippen LogP contribution in [0.5, 0.6) is 0 Å². The number of aliphatic hydroxyl groups is 1. The Morgan fingerprint density at radius 2 is 2.40 bits per heavy atom. The number of likely N-dealkylation sites (tertiary alicyclic amines) is 1. The van der Waals surface area contributed by atoms with Crippen molar-refractivity contribution < 1.29 is 9.90 Å². The highest BCUT2D eigenvalue weighted by Gasteiger charge is 2.27. The molecule has 0 radical (unpaired) electrons. The Bertz CT molecular complexity index is 247. The molecule has 2 N–H and O–H groups in total. The van der Waals surface area contributed by atoms with Crippen LogP contribution >= 0.6 is 0 Å². The molecule has 0 saturated carbocycles. The van der Waals surface area contributed by atoms with Crippen LogP contribution in [0, 0.1) is 18.3 Å². The highest BCUT2D eigenvalue weighted by atomic mass is 16.3. The van der Waals surface area contributed by atoms with E-state index in [9.17, 15) is 4.79 Å². The minimum absolute atomic E-state index is 0.0999. The lowest BCUT2D eigenvalue weighted by molar-refractivity contribution is -0.127. The minimum atomic E-state index is 0.0999. The van der Waals surface area contributed by atoms with E-state index in [1.807, 2.05) is 4.90 Å². The number of hydrogen-bond acceptors (Lipinski definition) is 3. The summed E-state index contributed by atoms with van der Waals surface area (Å²) in [5, 5.41) is 11.6. The topological polar surface area (TPSA) is 52.6 Å². The number of terminal acetylenes is 1. The first kappa shape index (κ1) is 12.0. The predicted molar refractivity (Wildman–Crippen MR) is 58.1 cm³/mol. The predicted octanol–water partition coefficient (Wildman–Crippen LogP) is -0.560. The fraction of sp³-hybridized carbons (Fsp3) is 0.727. The van der Waals surface area contributed by atoms with Gasteiger partial charge in [0, 0.05) is 32.0 Å². The van der Waals surface area contributed by atoms with Gasteiger partial charge in [0.2, 0.25) is 5.91 Å². The molecule has 4 heteroatoms. The Balaban J connectivity index is 2.12. The maximum atomic E-state index is 11.4. The Morgan fingerprint density at radius 3 is 3.00 bits per heavy atom. The maximum Gasteiger partial charge on any atom is 0.223 e. The molecule has 1 fully saturated rings. The fourth-order valence-electron chi connectivity index (χ4n) is 1.70. The van der Waals surface area contributed by atoms with Crippen LogP contribution in [-0.2, 0) is 4.79 Å². The van der Waals surface area contributed by atoms with Gasteiger partial charge in [-0.1, -0.05) is 0 Å². The van der Waals surface area contributed by atoms with Crippen LogP contribution in [0.25, 0.3) is 0 Å². The van der Waals surface area contributed by atoms with Gasteiger partial charge in [-0.3, -0.25) is 4.79 Å². The molecule has 1 rings (SSSR count). The molecule has 0 aromatic heterocycles. The highest BCUT2D eigenvalue weighted by molar-refractivity contribution is 5.79. The van der Waals surface area contributed by atoms with Crippen LogP contribution in [0.3, 0.4) is 0 Å². The zero-order chi connectivity index (χ0) is 11.1. The molecule has 1 atom stereocenters. The largest absolute Gasteiger partial charge is 0.395 e. The van der Waals surface area contributed by atoms with Gasteiger partial charge in [0.15, 0.2) is 0 Å². The van der Waals surface area contributed by atoms with Crippen molar-refractivity contribution in [2.75, 3.05) is 32.8 Å². The first-order chi connectivity index (χ1) is 7.27. The molecule has 0 spiro atoms. The van der Waals surface area contributed by atoms with Gasteiger partial charge in [0.25, 0.3) is 0 Å². The number of carbonyl (C=O) groups excluding carboxylic acids is 1. The summed E-state index contributed by atoms with van der Waals surface area (Å²) in [5.41, 5.74) is 0. The van der Waals surface area contributed by atoms with Crippen LogP contribution < -0.4 is 5.32 Å². The van der Waals surface area contributed by atoms with Crippen molar-refractivity contribution in [1.82, 2.24) is 10.2 Å². The second-order valence-corrected chi connectivity index (χ2v) is 3.73. The average molecular weight is 210 g/mol. The number of carbonyl (C=O) groups is 1. The number of hydrogen-bond donors (Lipinski definition) is 2. The number of aliphatic hydroxyl groups excluding tert-OH is 1. The summed E-state index contributed by atoms with van der Waals surface area (Å²) in [4.78, 5) is 13.3. The maximum absolute atomic E-state index is 11.4. The molecule has 1 aliphatic rings. The van der Waals surface area contributed by atoms with E-state index in [1.165, 1.54) is 0 Å². The van der Waals surface area contributed by atoms with E-state index in [0.29, 0.717) is 19.5 Å². The summed E-state index contributed by atoms with van der Waals surface area (Å²) in [5.74, 6) is 2.89. The number of nitrogens with zero attached hydrogens (tertiary/aromatic N) is 1. The molecule has 0 aromatic carbocycles. The van der Waals surface area contributed by atoms with Crippen LogP contribution in [0.15, 0.2) is 0 Å². The second-order valence-electron chi connectivity index (χ2n) is 3.73. The summed E-state index contributed by atoms with van der Waals surface area (Å²) in [6.45, 7) is 3.05. The highest BCUT2D eigenvalue weighted by Crippen LogP contribution is 2.16. The van der Waals surface area contributed by atoms with Crippen LogP contribution in [-0.4, -0.2) is 48.7 Å². The summed E-state index contributed by atoms with van der Waals surface area (Å²) >= 11 is 0. The molecule has 1 amide bonds. The minimum Gasteiger partial charge on any atom is -0.395 e. The van der Waals surface area contributed by atoms with Crippen molar-refractivity contribution in [2.45, 2.75) is 12.8 Å². The van der Waals surface area contributed by atoms with Gasteiger partial charge in [-0.25, -0.2) is 0 Å². The Morgan fingerprint density at radius 1 is 1.60 bits per heavy atom. The molecule has 15 heavy (non-hydrogen) atoms. The van der Waals surface area contributed by atoms with Crippen LogP contribution in [0.1, 0.15) is 12.8 Å². The van der Waals surface area contributed by atoms with Crippen molar-refractivity contribution >= 4 is 5.91 Å². The number of amides is 1. The van der Waals surface area contributed by atoms with Gasteiger partial charge in [-0.2, -0.15) is 0 Å². The van der Waals surface area contributed by atoms with Crippen molar-refractivity contribution in [3.63, 3.8) is 0 Å². The van der Waals surface area contributed by atoms with Crippen molar-refractivity contribution in [3.8, 4) is 12.3 Å².